The Morgan fingerprint density at radius 3 is 2.43 bits per heavy atom. The van der Waals surface area contributed by atoms with Gasteiger partial charge in [-0.25, -0.2) is 3.93 Å². The molecule has 0 aromatic carbocycles. The second kappa shape index (κ2) is 2.46. The quantitative estimate of drug-likeness (QED) is 0.349. The fraction of sp³-hybridized carbons (Fsp3) is 1.00. The molecule has 0 spiro atoms. The van der Waals surface area contributed by atoms with E-state index in [1.165, 1.54) is 19.4 Å². The number of rotatable bonds is 0. The molecule has 0 aromatic heterocycles. The monoisotopic (exact) mass is 227 g/mol. The van der Waals surface area contributed by atoms with Gasteiger partial charge < -0.3 is 0 Å². The highest BCUT2D eigenvalue weighted by Crippen LogP contribution is 2.24. The molecule has 1 aliphatic rings. The van der Waals surface area contributed by atoms with Gasteiger partial charge in [-0.1, -0.05) is 15.9 Å². The number of alkyl halides is 1. The van der Waals surface area contributed by atoms with Crippen LogP contribution >= 0.6 is 32.1 Å². The Kier molecular flexibility index (Phi) is 2.13. The second-order valence-corrected chi connectivity index (χ2v) is 3.67. The summed E-state index contributed by atoms with van der Waals surface area (Å²) < 4.78 is 2.13. The highest BCUT2D eigenvalue weighted by molar-refractivity contribution is 9.11. The third kappa shape index (κ3) is 1.40. The topological polar surface area (TPSA) is 3.24 Å². The summed E-state index contributed by atoms with van der Waals surface area (Å²) in [6.45, 7) is 1.18. The highest BCUT2D eigenvalue weighted by Gasteiger charge is 2.17. The molecule has 0 amide bonds. The maximum Gasteiger partial charge on any atom is 0.0756 e. The Morgan fingerprint density at radius 1 is 1.57 bits per heavy atom. The van der Waals surface area contributed by atoms with Crippen molar-refractivity contribution in [3.05, 3.63) is 0 Å². The normalized spacial score (nSPS) is 34.3. The van der Waals surface area contributed by atoms with Gasteiger partial charge in [-0.3, -0.25) is 0 Å². The molecule has 7 heavy (non-hydrogen) atoms. The number of halogens is 2. The first kappa shape index (κ1) is 6.05. The number of hydrogen-bond acceptors (Lipinski definition) is 1. The maximum absolute atomic E-state index is 3.48. The minimum Gasteiger partial charge on any atom is -0.229 e. The lowest BCUT2D eigenvalue weighted by Gasteiger charge is -2.06. The van der Waals surface area contributed by atoms with Crippen molar-refractivity contribution in [2.24, 2.45) is 0 Å². The van der Waals surface area contributed by atoms with E-state index in [4.69, 9.17) is 0 Å². The Morgan fingerprint density at radius 2 is 2.29 bits per heavy atom. The first-order valence-electron chi connectivity index (χ1n) is 2.37. The van der Waals surface area contributed by atoms with E-state index in [0.717, 1.165) is 0 Å². The molecule has 0 aromatic rings. The molecular weight excluding hydrogens is 222 g/mol. The first-order valence-corrected chi connectivity index (χ1v) is 3.99. The van der Waals surface area contributed by atoms with Gasteiger partial charge in [0.15, 0.2) is 0 Å². The Balaban J connectivity index is 2.33. The zero-order valence-electron chi connectivity index (χ0n) is 3.90. The average Bonchev–Trinajstić information content (AvgIpc) is 1.91. The van der Waals surface area contributed by atoms with Crippen molar-refractivity contribution in [1.82, 2.24) is 3.93 Å². The fourth-order valence-corrected chi connectivity index (χ4v) is 1.67. The SMILES string of the molecule is BrC1CCCN1Br. The van der Waals surface area contributed by atoms with Crippen molar-refractivity contribution in [3.63, 3.8) is 0 Å². The summed E-state index contributed by atoms with van der Waals surface area (Å²) in [7, 11) is 0. The fourth-order valence-electron chi connectivity index (χ4n) is 0.691. The summed E-state index contributed by atoms with van der Waals surface area (Å²) in [6.07, 6.45) is 2.58. The van der Waals surface area contributed by atoms with Crippen LogP contribution < -0.4 is 0 Å². The van der Waals surface area contributed by atoms with Crippen molar-refractivity contribution >= 4 is 32.1 Å². The molecule has 0 radical (unpaired) electrons. The van der Waals surface area contributed by atoms with E-state index in [-0.39, 0.29) is 0 Å². The summed E-state index contributed by atoms with van der Waals surface area (Å²) in [5.41, 5.74) is 0. The zero-order valence-corrected chi connectivity index (χ0v) is 7.07. The molecule has 1 nitrogen and oxygen atoms in total. The van der Waals surface area contributed by atoms with Crippen LogP contribution in [0.3, 0.4) is 0 Å². The number of hydrogen-bond donors (Lipinski definition) is 0. The van der Waals surface area contributed by atoms with Crippen molar-refractivity contribution in [1.29, 1.82) is 0 Å². The largest absolute Gasteiger partial charge is 0.229 e. The molecule has 3 heteroatoms. The Hall–Kier alpha value is 0.920. The summed E-state index contributed by atoms with van der Waals surface area (Å²) in [5, 5.41) is 0. The molecule has 1 saturated heterocycles. The van der Waals surface area contributed by atoms with Crippen molar-refractivity contribution < 1.29 is 0 Å². The minimum atomic E-state index is 0.576. The summed E-state index contributed by atoms with van der Waals surface area (Å²) in [4.78, 5) is 0.576. The molecule has 1 atom stereocenters. The van der Waals surface area contributed by atoms with Crippen LogP contribution in [0.25, 0.3) is 0 Å². The zero-order chi connectivity index (χ0) is 5.28. The average molecular weight is 229 g/mol. The van der Waals surface area contributed by atoms with Gasteiger partial charge in [0.05, 0.1) is 4.95 Å². The van der Waals surface area contributed by atoms with Crippen LogP contribution in [0.1, 0.15) is 12.8 Å². The molecular formula is C4H7Br2N. The van der Waals surface area contributed by atoms with Gasteiger partial charge >= 0.3 is 0 Å². The van der Waals surface area contributed by atoms with E-state index >= 15 is 0 Å². The molecule has 1 fully saturated rings. The number of nitrogens with zero attached hydrogens (tertiary/aromatic N) is 1. The van der Waals surface area contributed by atoms with Gasteiger partial charge in [-0.15, -0.1) is 0 Å². The van der Waals surface area contributed by atoms with Crippen LogP contribution in [0.15, 0.2) is 0 Å². The van der Waals surface area contributed by atoms with Crippen LogP contribution in [0, 0.1) is 0 Å². The van der Waals surface area contributed by atoms with Gasteiger partial charge in [-0.2, -0.15) is 0 Å². The molecule has 1 heterocycles. The van der Waals surface area contributed by atoms with Crippen LogP contribution in [-0.2, 0) is 0 Å². The van der Waals surface area contributed by atoms with Crippen LogP contribution in [0.2, 0.25) is 0 Å². The van der Waals surface area contributed by atoms with Crippen molar-refractivity contribution in [3.8, 4) is 0 Å². The summed E-state index contributed by atoms with van der Waals surface area (Å²) in [5.74, 6) is 0. The van der Waals surface area contributed by atoms with E-state index in [1.807, 2.05) is 0 Å². The van der Waals surface area contributed by atoms with Crippen LogP contribution in [0.5, 0.6) is 0 Å². The highest BCUT2D eigenvalue weighted by atomic mass is 79.9. The van der Waals surface area contributed by atoms with Gasteiger partial charge in [0, 0.05) is 22.7 Å². The predicted molar refractivity (Wildman–Crippen MR) is 37.6 cm³/mol. The van der Waals surface area contributed by atoms with Crippen LogP contribution in [-0.4, -0.2) is 15.4 Å². The van der Waals surface area contributed by atoms with E-state index in [0.29, 0.717) is 4.95 Å². The van der Waals surface area contributed by atoms with E-state index in [2.05, 4.69) is 36.0 Å². The molecule has 0 saturated carbocycles. The smallest absolute Gasteiger partial charge is 0.0756 e. The van der Waals surface area contributed by atoms with Crippen molar-refractivity contribution in [2.45, 2.75) is 17.8 Å². The van der Waals surface area contributed by atoms with E-state index < -0.39 is 0 Å². The second-order valence-electron chi connectivity index (χ2n) is 1.70. The third-order valence-corrected chi connectivity index (χ3v) is 3.47. The summed E-state index contributed by atoms with van der Waals surface area (Å²) in [6, 6.07) is 0. The van der Waals surface area contributed by atoms with Gasteiger partial charge in [-0.05, 0) is 12.8 Å². The molecule has 1 rings (SSSR count). The molecule has 1 unspecified atom stereocenters. The predicted octanol–water partition coefficient (Wildman–Crippen LogP) is 2.11. The first-order chi connectivity index (χ1) is 3.30. The van der Waals surface area contributed by atoms with E-state index in [9.17, 15) is 0 Å². The molecule has 0 N–H and O–H groups in total. The molecule has 42 valence electrons. The maximum atomic E-state index is 3.48. The molecule has 1 aliphatic heterocycles. The van der Waals surface area contributed by atoms with Gasteiger partial charge in [0.25, 0.3) is 0 Å². The molecule has 0 bridgehead atoms. The minimum absolute atomic E-state index is 0.576. The molecule has 0 aliphatic carbocycles. The Bertz CT molecular complexity index is 58.7. The van der Waals surface area contributed by atoms with Crippen LogP contribution in [0.4, 0.5) is 0 Å². The lowest BCUT2D eigenvalue weighted by Crippen LogP contribution is -2.10. The van der Waals surface area contributed by atoms with Gasteiger partial charge in [0.2, 0.25) is 0 Å². The van der Waals surface area contributed by atoms with E-state index in [1.54, 1.807) is 0 Å². The lowest BCUT2D eigenvalue weighted by atomic mass is 10.4. The lowest BCUT2D eigenvalue weighted by molar-refractivity contribution is 0.581. The summed E-state index contributed by atoms with van der Waals surface area (Å²) >= 11 is 6.87. The third-order valence-electron chi connectivity index (χ3n) is 1.12. The van der Waals surface area contributed by atoms with Crippen molar-refractivity contribution in [2.75, 3.05) is 6.54 Å². The van der Waals surface area contributed by atoms with Gasteiger partial charge in [0.1, 0.15) is 0 Å². The standard InChI is InChI=1S/C4H7Br2N/c5-4-2-1-3-7(4)6/h4H,1-3H2. The Labute approximate surface area is 60.5 Å².